The number of sulfonamides is 1. The van der Waals surface area contributed by atoms with E-state index in [0.717, 1.165) is 6.26 Å². The number of nitrogens with two attached hydrogens (primary N) is 1. The molecule has 0 radical (unpaired) electrons. The SMILES string of the molecule is CS(=O)(=O)NCCNc1nc2nccc(C(=Nc3ccc(N)c(Cl)c3)NO)c2[nH]1. The molecule has 2 heterocycles. The lowest BCUT2D eigenvalue weighted by atomic mass is 10.2. The summed E-state index contributed by atoms with van der Waals surface area (Å²) in [5, 5.41) is 12.9. The Morgan fingerprint density at radius 3 is 2.83 bits per heavy atom. The van der Waals surface area contributed by atoms with Crippen molar-refractivity contribution in [3.63, 3.8) is 0 Å². The molecule has 0 aliphatic rings. The summed E-state index contributed by atoms with van der Waals surface area (Å²) in [6.45, 7) is 0.504. The Morgan fingerprint density at radius 2 is 2.14 bits per heavy atom. The molecule has 0 amide bonds. The fraction of sp³-hybridized carbons (Fsp3) is 0.188. The minimum Gasteiger partial charge on any atom is -0.398 e. The molecule has 3 aromatic rings. The summed E-state index contributed by atoms with van der Waals surface area (Å²) in [6, 6.07) is 6.49. The molecule has 7 N–H and O–H groups in total. The van der Waals surface area contributed by atoms with Gasteiger partial charge in [0, 0.05) is 24.8 Å². The second-order valence-electron chi connectivity index (χ2n) is 6.01. The van der Waals surface area contributed by atoms with Gasteiger partial charge in [0.25, 0.3) is 0 Å². The van der Waals surface area contributed by atoms with Gasteiger partial charge in [0.05, 0.1) is 28.2 Å². The molecule has 0 saturated heterocycles. The van der Waals surface area contributed by atoms with Crippen LogP contribution in [0.25, 0.3) is 11.2 Å². The molecule has 0 aliphatic carbocycles. The van der Waals surface area contributed by atoms with Gasteiger partial charge in [0.1, 0.15) is 0 Å². The van der Waals surface area contributed by atoms with Gasteiger partial charge in [-0.2, -0.15) is 4.98 Å². The quantitative estimate of drug-likeness (QED) is 0.105. The topological polar surface area (TPSA) is 170 Å². The van der Waals surface area contributed by atoms with Gasteiger partial charge >= 0.3 is 0 Å². The number of hydrogen-bond acceptors (Lipinski definition) is 8. The number of rotatable bonds is 7. The number of aromatic nitrogens is 3. The van der Waals surface area contributed by atoms with Crippen molar-refractivity contribution in [1.29, 1.82) is 0 Å². The van der Waals surface area contributed by atoms with E-state index in [1.165, 1.54) is 6.20 Å². The normalized spacial score (nSPS) is 12.3. The van der Waals surface area contributed by atoms with Crippen molar-refractivity contribution < 1.29 is 13.6 Å². The predicted octanol–water partition coefficient (Wildman–Crippen LogP) is 1.21. The van der Waals surface area contributed by atoms with E-state index in [0.29, 0.717) is 45.6 Å². The number of anilines is 2. The van der Waals surface area contributed by atoms with Crippen molar-refractivity contribution in [1.82, 2.24) is 25.2 Å². The van der Waals surface area contributed by atoms with Crippen molar-refractivity contribution in [2.45, 2.75) is 0 Å². The Labute approximate surface area is 171 Å². The second kappa shape index (κ2) is 8.61. The van der Waals surface area contributed by atoms with Crippen LogP contribution in [0.2, 0.25) is 5.02 Å². The first kappa shape index (κ1) is 20.8. The number of fused-ring (bicyclic) bond motifs is 1. The number of nitrogens with one attached hydrogen (secondary N) is 4. The number of benzene rings is 1. The van der Waals surface area contributed by atoms with E-state index in [2.05, 4.69) is 35.5 Å². The van der Waals surface area contributed by atoms with Gasteiger partial charge in [0.2, 0.25) is 16.0 Å². The highest BCUT2D eigenvalue weighted by Gasteiger charge is 2.13. The molecular formula is C16H19ClN8O3S. The fourth-order valence-electron chi connectivity index (χ4n) is 2.47. The lowest BCUT2D eigenvalue weighted by Gasteiger charge is -2.07. The first-order chi connectivity index (χ1) is 13.8. The van der Waals surface area contributed by atoms with E-state index >= 15 is 0 Å². The first-order valence-electron chi connectivity index (χ1n) is 8.34. The number of nitrogens with zero attached hydrogens (tertiary/aromatic N) is 3. The molecule has 0 fully saturated rings. The molecule has 154 valence electrons. The number of hydrogen-bond donors (Lipinski definition) is 6. The van der Waals surface area contributed by atoms with Crippen molar-refractivity contribution >= 4 is 55.9 Å². The molecule has 0 spiro atoms. The standard InChI is InChI=1S/C16H19ClN8O3S/c1-29(27,28)21-7-6-20-16-23-13-10(4-5-19-15(13)24-16)14(25-26)22-9-2-3-12(18)11(17)8-9/h2-5,8,21,26H,6-7,18H2,1H3,(H,22,25)(H2,19,20,23,24). The Balaban J connectivity index is 1.87. The first-order valence-corrected chi connectivity index (χ1v) is 10.6. The predicted molar refractivity (Wildman–Crippen MR) is 112 cm³/mol. The molecule has 0 unspecified atom stereocenters. The fourth-order valence-corrected chi connectivity index (χ4v) is 3.12. The lowest BCUT2D eigenvalue weighted by Crippen LogP contribution is -2.27. The second-order valence-corrected chi connectivity index (χ2v) is 8.25. The van der Waals surface area contributed by atoms with Gasteiger partial charge in [-0.05, 0) is 24.3 Å². The number of H-pyrrole nitrogens is 1. The lowest BCUT2D eigenvalue weighted by molar-refractivity contribution is 0.235. The summed E-state index contributed by atoms with van der Waals surface area (Å²) >= 11 is 6.02. The van der Waals surface area contributed by atoms with Crippen LogP contribution in [0, 0.1) is 0 Å². The number of nitrogen functional groups attached to an aromatic ring is 1. The van der Waals surface area contributed by atoms with Crippen molar-refractivity contribution in [3.05, 3.63) is 41.0 Å². The number of halogens is 1. The van der Waals surface area contributed by atoms with Gasteiger partial charge in [0.15, 0.2) is 11.5 Å². The van der Waals surface area contributed by atoms with E-state index in [1.807, 2.05) is 0 Å². The van der Waals surface area contributed by atoms with Crippen molar-refractivity contribution in [3.8, 4) is 0 Å². The average Bonchev–Trinajstić information content (AvgIpc) is 3.08. The van der Waals surface area contributed by atoms with Gasteiger partial charge in [-0.3, -0.25) is 10.7 Å². The van der Waals surface area contributed by atoms with Crippen LogP contribution in [0.3, 0.4) is 0 Å². The summed E-state index contributed by atoms with van der Waals surface area (Å²) in [6.07, 6.45) is 2.61. The zero-order chi connectivity index (χ0) is 21.0. The van der Waals surface area contributed by atoms with Crippen molar-refractivity contribution in [2.75, 3.05) is 30.4 Å². The summed E-state index contributed by atoms with van der Waals surface area (Å²) < 4.78 is 24.6. The highest BCUT2D eigenvalue weighted by Crippen LogP contribution is 2.25. The third-order valence-corrected chi connectivity index (χ3v) is 4.82. The maximum absolute atomic E-state index is 11.1. The minimum absolute atomic E-state index is 0.146. The molecular weight excluding hydrogens is 420 g/mol. The number of pyridine rings is 1. The molecule has 2 aromatic heterocycles. The maximum atomic E-state index is 11.1. The van der Waals surface area contributed by atoms with Crippen LogP contribution < -0.4 is 21.3 Å². The Hall–Kier alpha value is -2.93. The third kappa shape index (κ3) is 5.32. The molecule has 3 rings (SSSR count). The summed E-state index contributed by atoms with van der Waals surface area (Å²) in [5.74, 6) is 0.537. The molecule has 0 aliphatic heterocycles. The zero-order valence-corrected chi connectivity index (χ0v) is 16.8. The summed E-state index contributed by atoms with van der Waals surface area (Å²) in [4.78, 5) is 15.9. The van der Waals surface area contributed by atoms with Crippen LogP contribution in [0.4, 0.5) is 17.3 Å². The number of aromatic amines is 1. The van der Waals surface area contributed by atoms with Crippen LogP contribution in [0.5, 0.6) is 0 Å². The molecule has 29 heavy (non-hydrogen) atoms. The van der Waals surface area contributed by atoms with E-state index in [1.54, 1.807) is 24.3 Å². The maximum Gasteiger partial charge on any atom is 0.208 e. The number of aliphatic imine (C=N–C) groups is 1. The molecule has 11 nitrogen and oxygen atoms in total. The Kier molecular flexibility index (Phi) is 6.17. The van der Waals surface area contributed by atoms with E-state index in [9.17, 15) is 13.6 Å². The average molecular weight is 439 g/mol. The molecule has 0 atom stereocenters. The number of imidazole rings is 1. The van der Waals surface area contributed by atoms with Crippen molar-refractivity contribution in [2.24, 2.45) is 4.99 Å². The van der Waals surface area contributed by atoms with Gasteiger partial charge in [-0.25, -0.2) is 23.1 Å². The van der Waals surface area contributed by atoms with E-state index in [4.69, 9.17) is 17.3 Å². The largest absolute Gasteiger partial charge is 0.398 e. The van der Waals surface area contributed by atoms with Crippen LogP contribution in [-0.4, -0.2) is 53.8 Å². The monoisotopic (exact) mass is 438 g/mol. The number of amidine groups is 1. The van der Waals surface area contributed by atoms with Crippen LogP contribution in [0.15, 0.2) is 35.5 Å². The van der Waals surface area contributed by atoms with Crippen LogP contribution >= 0.6 is 11.6 Å². The van der Waals surface area contributed by atoms with Gasteiger partial charge in [-0.15, -0.1) is 0 Å². The highest BCUT2D eigenvalue weighted by atomic mass is 35.5. The van der Waals surface area contributed by atoms with Crippen LogP contribution in [-0.2, 0) is 10.0 Å². The molecule has 1 aromatic carbocycles. The smallest absolute Gasteiger partial charge is 0.208 e. The highest BCUT2D eigenvalue weighted by molar-refractivity contribution is 7.88. The third-order valence-electron chi connectivity index (χ3n) is 3.76. The Morgan fingerprint density at radius 1 is 1.34 bits per heavy atom. The van der Waals surface area contributed by atoms with E-state index in [-0.39, 0.29) is 12.4 Å². The molecule has 0 saturated carbocycles. The minimum atomic E-state index is -3.26. The summed E-state index contributed by atoms with van der Waals surface area (Å²) in [7, 11) is -3.26. The van der Waals surface area contributed by atoms with E-state index < -0.39 is 10.0 Å². The summed E-state index contributed by atoms with van der Waals surface area (Å²) in [5.41, 5.74) is 10.1. The van der Waals surface area contributed by atoms with Gasteiger partial charge in [-0.1, -0.05) is 11.6 Å². The van der Waals surface area contributed by atoms with Crippen LogP contribution in [0.1, 0.15) is 5.56 Å². The Bertz CT molecular complexity index is 1160. The molecule has 0 bridgehead atoms. The van der Waals surface area contributed by atoms with Gasteiger partial charge < -0.3 is 16.0 Å². The zero-order valence-electron chi connectivity index (χ0n) is 15.3. The number of hydroxylamine groups is 1. The molecule has 13 heteroatoms.